The largest absolute Gasteiger partial charge is 0.493 e. The number of likely N-dealkylation sites (tertiary alicyclic amines) is 1. The molecule has 0 amide bonds. The summed E-state index contributed by atoms with van der Waals surface area (Å²) in [5.74, 6) is 1.58. The van der Waals surface area contributed by atoms with E-state index in [-0.39, 0.29) is 12.0 Å². The molecule has 1 aliphatic rings. The molecule has 0 saturated carbocycles. The normalized spacial score (nSPS) is 21.7. The third kappa shape index (κ3) is 4.59. The number of methoxy groups -OCH3 is 3. The number of carbonyl (C=O) groups excluding carboxylic acids is 1. The molecule has 0 bridgehead atoms. The SMILES string of the molecule is COC(=O)CCN1CC(N)CC(c2ccc(OC)c(OC)c2)C1. The van der Waals surface area contributed by atoms with Crippen LogP contribution in [0.4, 0.5) is 0 Å². The van der Waals surface area contributed by atoms with Gasteiger partial charge in [-0.25, -0.2) is 0 Å². The number of rotatable bonds is 6. The van der Waals surface area contributed by atoms with E-state index in [0.717, 1.165) is 31.0 Å². The predicted molar refractivity (Wildman–Crippen MR) is 88.0 cm³/mol. The number of carbonyl (C=O) groups is 1. The first kappa shape index (κ1) is 17.6. The Bertz CT molecular complexity index is 535. The van der Waals surface area contributed by atoms with Gasteiger partial charge in [0.05, 0.1) is 27.8 Å². The van der Waals surface area contributed by atoms with Crippen LogP contribution in [-0.2, 0) is 9.53 Å². The van der Waals surface area contributed by atoms with Gasteiger partial charge in [0.2, 0.25) is 0 Å². The lowest BCUT2D eigenvalue weighted by Gasteiger charge is -2.36. The molecule has 1 saturated heterocycles. The third-order valence-corrected chi connectivity index (χ3v) is 4.30. The summed E-state index contributed by atoms with van der Waals surface area (Å²) in [7, 11) is 4.68. The van der Waals surface area contributed by atoms with Gasteiger partial charge in [-0.05, 0) is 30.0 Å². The van der Waals surface area contributed by atoms with Gasteiger partial charge in [0.25, 0.3) is 0 Å². The molecule has 0 radical (unpaired) electrons. The molecule has 2 rings (SSSR count). The van der Waals surface area contributed by atoms with Gasteiger partial charge in [0.1, 0.15) is 0 Å². The summed E-state index contributed by atoms with van der Waals surface area (Å²) in [6.07, 6.45) is 1.31. The van der Waals surface area contributed by atoms with E-state index in [0.29, 0.717) is 18.9 Å². The van der Waals surface area contributed by atoms with Crippen LogP contribution in [0.3, 0.4) is 0 Å². The van der Waals surface area contributed by atoms with Gasteiger partial charge in [-0.15, -0.1) is 0 Å². The molecule has 1 aliphatic heterocycles. The summed E-state index contributed by atoms with van der Waals surface area (Å²) >= 11 is 0. The number of hydrogen-bond acceptors (Lipinski definition) is 6. The molecule has 23 heavy (non-hydrogen) atoms. The molecule has 0 spiro atoms. The molecular formula is C17H26N2O4. The van der Waals surface area contributed by atoms with Crippen LogP contribution < -0.4 is 15.2 Å². The van der Waals surface area contributed by atoms with E-state index < -0.39 is 0 Å². The van der Waals surface area contributed by atoms with Gasteiger partial charge in [0, 0.05) is 25.7 Å². The maximum Gasteiger partial charge on any atom is 0.306 e. The second-order valence-corrected chi connectivity index (χ2v) is 5.89. The first-order valence-electron chi connectivity index (χ1n) is 7.84. The summed E-state index contributed by atoms with van der Waals surface area (Å²) in [6, 6.07) is 6.09. The van der Waals surface area contributed by atoms with Gasteiger partial charge in [-0.2, -0.15) is 0 Å². The van der Waals surface area contributed by atoms with Gasteiger partial charge in [-0.1, -0.05) is 6.07 Å². The zero-order valence-electron chi connectivity index (χ0n) is 14.1. The minimum atomic E-state index is -0.188. The molecule has 1 fully saturated rings. The number of benzene rings is 1. The molecule has 0 aromatic heterocycles. The average Bonchev–Trinajstić information content (AvgIpc) is 2.58. The molecule has 6 heteroatoms. The van der Waals surface area contributed by atoms with Crippen LogP contribution >= 0.6 is 0 Å². The highest BCUT2D eigenvalue weighted by Crippen LogP contribution is 2.33. The molecule has 1 aromatic rings. The van der Waals surface area contributed by atoms with E-state index in [1.54, 1.807) is 14.2 Å². The molecule has 2 atom stereocenters. The minimum Gasteiger partial charge on any atom is -0.493 e. The van der Waals surface area contributed by atoms with Crippen molar-refractivity contribution in [2.24, 2.45) is 5.73 Å². The summed E-state index contributed by atoms with van der Waals surface area (Å²) in [4.78, 5) is 13.6. The standard InChI is InChI=1S/C17H26N2O4/c1-21-15-5-4-12(9-16(15)22-2)13-8-14(18)11-19(10-13)7-6-17(20)23-3/h4-5,9,13-14H,6-8,10-11,18H2,1-3H3. The predicted octanol–water partition coefficient (Wildman–Crippen LogP) is 1.38. The van der Waals surface area contributed by atoms with E-state index in [4.69, 9.17) is 19.9 Å². The van der Waals surface area contributed by atoms with Crippen molar-refractivity contribution in [2.75, 3.05) is 41.0 Å². The van der Waals surface area contributed by atoms with Crippen molar-refractivity contribution in [2.45, 2.75) is 24.8 Å². The van der Waals surface area contributed by atoms with Crippen LogP contribution in [0.1, 0.15) is 24.3 Å². The first-order valence-corrected chi connectivity index (χ1v) is 7.84. The van der Waals surface area contributed by atoms with Gasteiger partial charge < -0.3 is 24.8 Å². The second-order valence-electron chi connectivity index (χ2n) is 5.89. The lowest BCUT2D eigenvalue weighted by Crippen LogP contribution is -2.46. The molecule has 6 nitrogen and oxygen atoms in total. The van der Waals surface area contributed by atoms with Crippen molar-refractivity contribution >= 4 is 5.97 Å². The molecule has 0 aliphatic carbocycles. The number of esters is 1. The van der Waals surface area contributed by atoms with Gasteiger partial charge >= 0.3 is 5.97 Å². The molecule has 2 N–H and O–H groups in total. The van der Waals surface area contributed by atoms with Crippen LogP contribution in [0.2, 0.25) is 0 Å². The Labute approximate surface area is 137 Å². The Morgan fingerprint density at radius 3 is 2.61 bits per heavy atom. The summed E-state index contributed by atoms with van der Waals surface area (Å²) in [5.41, 5.74) is 7.39. The lowest BCUT2D eigenvalue weighted by molar-refractivity contribution is -0.141. The molecule has 1 aromatic carbocycles. The van der Waals surface area contributed by atoms with E-state index in [1.807, 2.05) is 12.1 Å². The topological polar surface area (TPSA) is 74.0 Å². The van der Waals surface area contributed by atoms with E-state index in [9.17, 15) is 4.79 Å². The van der Waals surface area contributed by atoms with Crippen molar-refractivity contribution < 1.29 is 19.0 Å². The number of ether oxygens (including phenoxy) is 3. The maximum atomic E-state index is 11.3. The van der Waals surface area contributed by atoms with Crippen molar-refractivity contribution in [3.63, 3.8) is 0 Å². The van der Waals surface area contributed by atoms with Crippen LogP contribution in [0.25, 0.3) is 0 Å². The minimum absolute atomic E-state index is 0.0968. The monoisotopic (exact) mass is 322 g/mol. The quantitative estimate of drug-likeness (QED) is 0.798. The first-order chi connectivity index (χ1) is 11.1. The van der Waals surface area contributed by atoms with E-state index >= 15 is 0 Å². The highest BCUT2D eigenvalue weighted by atomic mass is 16.5. The molecular weight excluding hydrogens is 296 g/mol. The fourth-order valence-corrected chi connectivity index (χ4v) is 3.11. The summed E-state index contributed by atoms with van der Waals surface area (Å²) in [6.45, 7) is 2.35. The Hall–Kier alpha value is -1.79. The van der Waals surface area contributed by atoms with Crippen LogP contribution in [0.5, 0.6) is 11.5 Å². The second kappa shape index (κ2) is 8.17. The number of nitrogens with zero attached hydrogens (tertiary/aromatic N) is 1. The zero-order valence-corrected chi connectivity index (χ0v) is 14.1. The Morgan fingerprint density at radius 2 is 1.96 bits per heavy atom. The summed E-state index contributed by atoms with van der Waals surface area (Å²) < 4.78 is 15.4. The van der Waals surface area contributed by atoms with Crippen LogP contribution in [0, 0.1) is 0 Å². The fourth-order valence-electron chi connectivity index (χ4n) is 3.11. The van der Waals surface area contributed by atoms with Crippen molar-refractivity contribution in [3.05, 3.63) is 23.8 Å². The van der Waals surface area contributed by atoms with Crippen LogP contribution in [-0.4, -0.2) is 57.9 Å². The molecule has 1 heterocycles. The molecule has 2 unspecified atom stereocenters. The van der Waals surface area contributed by atoms with E-state index in [1.165, 1.54) is 12.7 Å². The fraction of sp³-hybridized carbons (Fsp3) is 0.588. The van der Waals surface area contributed by atoms with Crippen molar-refractivity contribution in [1.29, 1.82) is 0 Å². The Kier molecular flexibility index (Phi) is 6.24. The van der Waals surface area contributed by atoms with Gasteiger partial charge in [-0.3, -0.25) is 4.79 Å². The van der Waals surface area contributed by atoms with Crippen molar-refractivity contribution in [3.8, 4) is 11.5 Å². The maximum absolute atomic E-state index is 11.3. The Balaban J connectivity index is 2.07. The number of hydrogen-bond donors (Lipinski definition) is 1. The third-order valence-electron chi connectivity index (χ3n) is 4.30. The number of nitrogens with two attached hydrogens (primary N) is 1. The van der Waals surface area contributed by atoms with Crippen molar-refractivity contribution in [1.82, 2.24) is 4.90 Å². The zero-order chi connectivity index (χ0) is 16.8. The highest BCUT2D eigenvalue weighted by molar-refractivity contribution is 5.69. The highest BCUT2D eigenvalue weighted by Gasteiger charge is 2.27. The van der Waals surface area contributed by atoms with E-state index in [2.05, 4.69) is 11.0 Å². The Morgan fingerprint density at radius 1 is 1.22 bits per heavy atom. The van der Waals surface area contributed by atoms with Gasteiger partial charge in [0.15, 0.2) is 11.5 Å². The van der Waals surface area contributed by atoms with Crippen LogP contribution in [0.15, 0.2) is 18.2 Å². The molecule has 128 valence electrons. The smallest absolute Gasteiger partial charge is 0.306 e. The lowest BCUT2D eigenvalue weighted by atomic mass is 9.88. The average molecular weight is 322 g/mol. The summed E-state index contributed by atoms with van der Waals surface area (Å²) in [5, 5.41) is 0. The number of piperidine rings is 1.